The zero-order valence-corrected chi connectivity index (χ0v) is 22.8. The molecule has 0 bridgehead atoms. The Labute approximate surface area is 203 Å². The lowest BCUT2D eigenvalue weighted by atomic mass is 9.79. The highest BCUT2D eigenvalue weighted by molar-refractivity contribution is 5.99. The molecule has 0 saturated carbocycles. The third kappa shape index (κ3) is 6.71. The molecule has 0 fully saturated rings. The number of carbonyl (C=O) groups excluding carboxylic acids is 1. The molecule has 0 saturated heterocycles. The Hall–Kier alpha value is -2.09. The van der Waals surface area contributed by atoms with Crippen LogP contribution in [-0.4, -0.2) is 10.4 Å². The number of nitrogens with zero attached hydrogens (tertiary/aromatic N) is 1. The van der Waals surface area contributed by atoms with Crippen LogP contribution in [0.5, 0.6) is 0 Å². The van der Waals surface area contributed by atoms with Crippen LogP contribution in [0.15, 0.2) is 36.9 Å². The minimum Gasteiger partial charge on any atom is -0.344 e. The molecule has 2 nitrogen and oxygen atoms in total. The molecular formula is C31H47NO. The molecule has 0 aliphatic rings. The summed E-state index contributed by atoms with van der Waals surface area (Å²) in [7, 11) is 0. The van der Waals surface area contributed by atoms with E-state index in [1.165, 1.54) is 41.6 Å². The van der Waals surface area contributed by atoms with Gasteiger partial charge in [-0.15, -0.1) is 6.58 Å². The molecule has 2 aromatic rings. The van der Waals surface area contributed by atoms with E-state index in [0.717, 1.165) is 24.2 Å². The molecule has 0 spiro atoms. The van der Waals surface area contributed by atoms with Crippen molar-refractivity contribution in [1.82, 2.24) is 4.57 Å². The number of allylic oxidation sites excluding steroid dienone is 1. The Morgan fingerprint density at radius 1 is 1.00 bits per heavy atom. The highest BCUT2D eigenvalue weighted by Gasteiger charge is 2.24. The van der Waals surface area contributed by atoms with Gasteiger partial charge in [0.15, 0.2) is 5.78 Å². The Balaban J connectivity index is 2.75. The van der Waals surface area contributed by atoms with Gasteiger partial charge in [0.1, 0.15) is 0 Å². The van der Waals surface area contributed by atoms with Crippen molar-refractivity contribution in [3.63, 3.8) is 0 Å². The van der Waals surface area contributed by atoms with Crippen LogP contribution in [0.1, 0.15) is 115 Å². The molecule has 33 heavy (non-hydrogen) atoms. The zero-order chi connectivity index (χ0) is 25.0. The van der Waals surface area contributed by atoms with Crippen LogP contribution in [0.4, 0.5) is 0 Å². The predicted molar refractivity (Wildman–Crippen MR) is 144 cm³/mol. The Morgan fingerprint density at radius 3 is 2.03 bits per heavy atom. The number of ketones is 1. The van der Waals surface area contributed by atoms with Crippen molar-refractivity contribution in [3.8, 4) is 11.3 Å². The minimum atomic E-state index is 0.0526. The molecule has 1 aromatic heterocycles. The number of hydrogen-bond acceptors (Lipinski definition) is 1. The first kappa shape index (κ1) is 27.2. The molecule has 1 unspecified atom stereocenters. The van der Waals surface area contributed by atoms with E-state index in [1.54, 1.807) is 6.08 Å². The van der Waals surface area contributed by atoms with E-state index in [0.29, 0.717) is 12.3 Å². The summed E-state index contributed by atoms with van der Waals surface area (Å²) in [6.45, 7) is 25.1. The van der Waals surface area contributed by atoms with E-state index in [1.807, 2.05) is 0 Å². The van der Waals surface area contributed by atoms with Gasteiger partial charge in [-0.3, -0.25) is 4.79 Å². The Morgan fingerprint density at radius 2 is 1.58 bits per heavy atom. The van der Waals surface area contributed by atoms with Crippen LogP contribution >= 0.6 is 0 Å². The third-order valence-electron chi connectivity index (χ3n) is 6.94. The topological polar surface area (TPSA) is 22.0 Å². The van der Waals surface area contributed by atoms with Gasteiger partial charge < -0.3 is 4.57 Å². The second-order valence-corrected chi connectivity index (χ2v) is 11.8. The molecule has 0 aliphatic carbocycles. The number of unbranched alkanes of at least 4 members (excludes halogenated alkanes) is 1. The maximum absolute atomic E-state index is 13.0. The van der Waals surface area contributed by atoms with E-state index >= 15 is 0 Å². The smallest absolute Gasteiger partial charge is 0.168 e. The summed E-state index contributed by atoms with van der Waals surface area (Å²) >= 11 is 0. The average Bonchev–Trinajstić information content (AvgIpc) is 3.05. The molecule has 1 atom stereocenters. The summed E-state index contributed by atoms with van der Waals surface area (Å²) in [5.41, 5.74) is 7.11. The van der Waals surface area contributed by atoms with Gasteiger partial charge in [-0.25, -0.2) is 0 Å². The van der Waals surface area contributed by atoms with Gasteiger partial charge in [0.05, 0.1) is 0 Å². The van der Waals surface area contributed by atoms with Crippen molar-refractivity contribution in [2.45, 2.75) is 112 Å². The lowest BCUT2D eigenvalue weighted by molar-refractivity contribution is 0.0995. The molecule has 2 heteroatoms. The summed E-state index contributed by atoms with van der Waals surface area (Å²) in [6, 6.07) is 9.19. The fraction of sp³-hybridized carbons (Fsp3) is 0.581. The molecule has 0 amide bonds. The van der Waals surface area contributed by atoms with E-state index in [2.05, 4.69) is 97.7 Å². The largest absolute Gasteiger partial charge is 0.344 e. The molecule has 0 aliphatic heterocycles. The standard InChI is InChI=1S/C31H47NO/c1-11-14-16-23(13-3)21-32-22(4)27(29(33)15-12-2)20-28(32)24-17-25(30(5,6)7)19-26(18-24)31(8,9)10/h12,17-20,23H,2,11,13-16,21H2,1,3-10H3. The molecule has 1 heterocycles. The van der Waals surface area contributed by atoms with Gasteiger partial charge in [0.25, 0.3) is 0 Å². The second kappa shape index (κ2) is 10.9. The number of Topliss-reactive ketones (excluding diaryl/α,β-unsaturated/α-hetero) is 1. The van der Waals surface area contributed by atoms with Crippen LogP contribution in [-0.2, 0) is 17.4 Å². The van der Waals surface area contributed by atoms with E-state index < -0.39 is 0 Å². The molecule has 2 rings (SSSR count). The van der Waals surface area contributed by atoms with Gasteiger partial charge in [-0.1, -0.05) is 86.8 Å². The predicted octanol–water partition coefficient (Wildman–Crippen LogP) is 9.03. The summed E-state index contributed by atoms with van der Waals surface area (Å²) in [6.07, 6.45) is 6.96. The van der Waals surface area contributed by atoms with Crippen molar-refractivity contribution in [2.24, 2.45) is 5.92 Å². The lowest BCUT2D eigenvalue weighted by Crippen LogP contribution is -2.17. The SMILES string of the molecule is C=CCC(=O)c1cc(-c2cc(C(C)(C)C)cc(C(C)(C)C)c2)n(CC(CC)CCCC)c1C. The fourth-order valence-electron chi connectivity index (χ4n) is 4.46. The maximum Gasteiger partial charge on any atom is 0.168 e. The van der Waals surface area contributed by atoms with Crippen molar-refractivity contribution < 1.29 is 4.79 Å². The first-order valence-electron chi connectivity index (χ1n) is 12.8. The minimum absolute atomic E-state index is 0.0526. The van der Waals surface area contributed by atoms with Gasteiger partial charge in [0, 0.05) is 29.9 Å². The lowest BCUT2D eigenvalue weighted by Gasteiger charge is -2.27. The molecule has 1 aromatic carbocycles. The number of hydrogen-bond donors (Lipinski definition) is 0. The van der Waals surface area contributed by atoms with Gasteiger partial charge in [0.2, 0.25) is 0 Å². The van der Waals surface area contributed by atoms with Gasteiger partial charge in [-0.05, 0) is 65.0 Å². The Kier molecular flexibility index (Phi) is 8.96. The zero-order valence-electron chi connectivity index (χ0n) is 22.8. The Bertz CT molecular complexity index is 930. The summed E-state index contributed by atoms with van der Waals surface area (Å²) < 4.78 is 2.42. The summed E-state index contributed by atoms with van der Waals surface area (Å²) in [4.78, 5) is 13.0. The van der Waals surface area contributed by atoms with E-state index in [9.17, 15) is 4.79 Å². The quantitative estimate of drug-likeness (QED) is 0.262. The number of benzene rings is 1. The van der Waals surface area contributed by atoms with Crippen molar-refractivity contribution in [1.29, 1.82) is 0 Å². The number of aromatic nitrogens is 1. The summed E-state index contributed by atoms with van der Waals surface area (Å²) in [5, 5.41) is 0. The average molecular weight is 450 g/mol. The number of carbonyl (C=O) groups is 1. The van der Waals surface area contributed by atoms with Crippen LogP contribution in [0, 0.1) is 12.8 Å². The van der Waals surface area contributed by atoms with Crippen LogP contribution in [0.3, 0.4) is 0 Å². The molecule has 182 valence electrons. The fourth-order valence-corrected chi connectivity index (χ4v) is 4.46. The highest BCUT2D eigenvalue weighted by atomic mass is 16.1. The van der Waals surface area contributed by atoms with E-state index in [4.69, 9.17) is 0 Å². The summed E-state index contributed by atoms with van der Waals surface area (Å²) in [5.74, 6) is 0.775. The van der Waals surface area contributed by atoms with E-state index in [-0.39, 0.29) is 16.6 Å². The third-order valence-corrected chi connectivity index (χ3v) is 6.94. The monoisotopic (exact) mass is 449 g/mol. The van der Waals surface area contributed by atoms with Gasteiger partial charge in [-0.2, -0.15) is 0 Å². The number of rotatable bonds is 10. The molecule has 0 N–H and O–H groups in total. The normalized spacial score (nSPS) is 13.2. The highest BCUT2D eigenvalue weighted by Crippen LogP contribution is 2.36. The van der Waals surface area contributed by atoms with Gasteiger partial charge >= 0.3 is 0 Å². The van der Waals surface area contributed by atoms with Crippen LogP contribution < -0.4 is 0 Å². The van der Waals surface area contributed by atoms with Crippen molar-refractivity contribution >= 4 is 5.78 Å². The van der Waals surface area contributed by atoms with Crippen LogP contribution in [0.25, 0.3) is 11.3 Å². The first-order valence-corrected chi connectivity index (χ1v) is 12.8. The van der Waals surface area contributed by atoms with Crippen molar-refractivity contribution in [2.75, 3.05) is 0 Å². The molecular weight excluding hydrogens is 402 g/mol. The molecule has 0 radical (unpaired) electrons. The van der Waals surface area contributed by atoms with Crippen molar-refractivity contribution in [3.05, 3.63) is 59.3 Å². The van der Waals surface area contributed by atoms with Crippen LogP contribution in [0.2, 0.25) is 0 Å². The first-order chi connectivity index (χ1) is 15.3. The maximum atomic E-state index is 13.0. The second-order valence-electron chi connectivity index (χ2n) is 11.8.